The molecule has 0 amide bonds. The van der Waals surface area contributed by atoms with Crippen LogP contribution >= 0.6 is 0 Å². The van der Waals surface area contributed by atoms with Crippen LogP contribution in [0.3, 0.4) is 0 Å². The first-order chi connectivity index (χ1) is 8.90. The highest BCUT2D eigenvalue weighted by molar-refractivity contribution is 5.23. The van der Waals surface area contributed by atoms with E-state index in [1.165, 1.54) is 17.9 Å². The predicted octanol–water partition coefficient (Wildman–Crippen LogP) is 4.51. The van der Waals surface area contributed by atoms with Crippen LogP contribution in [0.15, 0.2) is 51.6 Å². The fourth-order valence-corrected chi connectivity index (χ4v) is 1.50. The quantitative estimate of drug-likeness (QED) is 0.799. The Kier molecular flexibility index (Phi) is 7.67. The molecule has 0 spiro atoms. The Bertz CT molecular complexity index is 487. The van der Waals surface area contributed by atoms with Crippen molar-refractivity contribution in [3.63, 3.8) is 0 Å². The second-order valence-corrected chi connectivity index (χ2v) is 5.17. The standard InChI is InChI=1S/C8H10O2.C8H12O.CH4/c1-6(2)7-3-4-8(9)10-5-7;1-6(2)8-4-7(3)9-5-8;/h3-6H,1-2H3;4,6H,3,5H2,1-2H3;1H4. The SMILES string of the molecule is C.C=C1C=C(C(C)C)CO1.CC(C)c1ccc(=O)oc1. The minimum absolute atomic E-state index is 0. The third-order valence-electron chi connectivity index (χ3n) is 2.90. The highest BCUT2D eigenvalue weighted by Crippen LogP contribution is 2.19. The Labute approximate surface area is 122 Å². The molecule has 0 unspecified atom stereocenters. The van der Waals surface area contributed by atoms with Gasteiger partial charge in [0.25, 0.3) is 0 Å². The van der Waals surface area contributed by atoms with E-state index >= 15 is 0 Å². The summed E-state index contributed by atoms with van der Waals surface area (Å²) >= 11 is 0. The molecule has 0 atom stereocenters. The van der Waals surface area contributed by atoms with Crippen LogP contribution in [0.25, 0.3) is 0 Å². The predicted molar refractivity (Wildman–Crippen MR) is 83.8 cm³/mol. The van der Waals surface area contributed by atoms with Crippen LogP contribution in [0.1, 0.15) is 46.6 Å². The van der Waals surface area contributed by atoms with Gasteiger partial charge in [0.05, 0.1) is 6.26 Å². The van der Waals surface area contributed by atoms with E-state index in [2.05, 4.69) is 38.7 Å². The van der Waals surface area contributed by atoms with E-state index < -0.39 is 0 Å². The minimum atomic E-state index is -0.288. The molecule has 1 aliphatic heterocycles. The fraction of sp³-hybridized carbons (Fsp3) is 0.471. The third kappa shape index (κ3) is 5.91. The average molecular weight is 278 g/mol. The molecule has 2 rings (SSSR count). The molecule has 0 fully saturated rings. The maximum atomic E-state index is 10.5. The van der Waals surface area contributed by atoms with Gasteiger partial charge in [0.2, 0.25) is 0 Å². The molecule has 0 N–H and O–H groups in total. The lowest BCUT2D eigenvalue weighted by molar-refractivity contribution is 0.268. The van der Waals surface area contributed by atoms with Crippen LogP contribution in [-0.4, -0.2) is 6.61 Å². The van der Waals surface area contributed by atoms with Crippen LogP contribution in [0.4, 0.5) is 0 Å². The maximum Gasteiger partial charge on any atom is 0.335 e. The summed E-state index contributed by atoms with van der Waals surface area (Å²) in [6.45, 7) is 12.9. The number of hydrogen-bond donors (Lipinski definition) is 0. The van der Waals surface area contributed by atoms with Gasteiger partial charge in [-0.2, -0.15) is 0 Å². The zero-order valence-electron chi connectivity index (χ0n) is 12.1. The number of hydrogen-bond acceptors (Lipinski definition) is 3. The molecule has 1 aliphatic rings. The van der Waals surface area contributed by atoms with Gasteiger partial charge in [0.15, 0.2) is 0 Å². The first-order valence-electron chi connectivity index (χ1n) is 6.51. The summed E-state index contributed by atoms with van der Waals surface area (Å²) in [5.41, 5.74) is 2.11. The molecule has 0 radical (unpaired) electrons. The van der Waals surface area contributed by atoms with Gasteiger partial charge in [0, 0.05) is 6.07 Å². The number of rotatable bonds is 2. The second kappa shape index (κ2) is 8.41. The van der Waals surface area contributed by atoms with Crippen LogP contribution < -0.4 is 5.63 Å². The molecule has 0 aromatic carbocycles. The van der Waals surface area contributed by atoms with Crippen molar-refractivity contribution in [1.82, 2.24) is 0 Å². The Morgan fingerprint density at radius 1 is 1.15 bits per heavy atom. The Hall–Kier alpha value is -1.77. The summed E-state index contributed by atoms with van der Waals surface area (Å²) in [6, 6.07) is 3.23. The van der Waals surface area contributed by atoms with Gasteiger partial charge in [-0.3, -0.25) is 0 Å². The monoisotopic (exact) mass is 278 g/mol. The first kappa shape index (κ1) is 18.2. The first-order valence-corrected chi connectivity index (χ1v) is 6.51. The summed E-state index contributed by atoms with van der Waals surface area (Å²) < 4.78 is 9.80. The lowest BCUT2D eigenvalue weighted by Crippen LogP contribution is -1.96. The summed E-state index contributed by atoms with van der Waals surface area (Å²) in [6.07, 6.45) is 3.53. The summed E-state index contributed by atoms with van der Waals surface area (Å²) in [7, 11) is 0. The van der Waals surface area contributed by atoms with Gasteiger partial charge >= 0.3 is 5.63 Å². The molecular formula is C17H26O3. The van der Waals surface area contributed by atoms with Crippen molar-refractivity contribution < 1.29 is 9.15 Å². The maximum absolute atomic E-state index is 10.5. The van der Waals surface area contributed by atoms with Gasteiger partial charge in [-0.1, -0.05) is 41.7 Å². The summed E-state index contributed by atoms with van der Waals surface area (Å²) in [5.74, 6) is 1.83. The van der Waals surface area contributed by atoms with E-state index in [1.807, 2.05) is 6.08 Å². The number of ether oxygens (including phenoxy) is 1. The lowest BCUT2D eigenvalue weighted by atomic mass is 10.1. The topological polar surface area (TPSA) is 39.4 Å². The molecular weight excluding hydrogens is 252 g/mol. The molecule has 3 heteroatoms. The van der Waals surface area contributed by atoms with Crippen LogP contribution in [0.5, 0.6) is 0 Å². The smallest absolute Gasteiger partial charge is 0.335 e. The normalized spacial score (nSPS) is 13.3. The van der Waals surface area contributed by atoms with Crippen molar-refractivity contribution in [3.8, 4) is 0 Å². The van der Waals surface area contributed by atoms with Gasteiger partial charge in [-0.25, -0.2) is 4.79 Å². The van der Waals surface area contributed by atoms with Crippen molar-refractivity contribution in [3.05, 3.63) is 58.4 Å². The zero-order valence-corrected chi connectivity index (χ0v) is 12.1. The van der Waals surface area contributed by atoms with Crippen LogP contribution in [-0.2, 0) is 4.74 Å². The Balaban J connectivity index is 0.000000345. The van der Waals surface area contributed by atoms with Gasteiger partial charge in [-0.15, -0.1) is 0 Å². The Morgan fingerprint density at radius 3 is 2.10 bits per heavy atom. The van der Waals surface area contributed by atoms with Crippen molar-refractivity contribution in [2.75, 3.05) is 6.61 Å². The van der Waals surface area contributed by atoms with E-state index in [9.17, 15) is 4.79 Å². The highest BCUT2D eigenvalue weighted by atomic mass is 16.5. The van der Waals surface area contributed by atoms with E-state index in [1.54, 1.807) is 6.07 Å². The molecule has 0 bridgehead atoms. The van der Waals surface area contributed by atoms with Crippen molar-refractivity contribution in [2.24, 2.45) is 5.92 Å². The van der Waals surface area contributed by atoms with E-state index in [0.29, 0.717) is 11.8 Å². The van der Waals surface area contributed by atoms with E-state index in [4.69, 9.17) is 4.74 Å². The second-order valence-electron chi connectivity index (χ2n) is 5.17. The third-order valence-corrected chi connectivity index (χ3v) is 2.90. The van der Waals surface area contributed by atoms with Gasteiger partial charge in [-0.05, 0) is 35.1 Å². The molecule has 112 valence electrons. The summed E-state index contributed by atoms with van der Waals surface area (Å²) in [4.78, 5) is 10.5. The zero-order chi connectivity index (χ0) is 14.4. The molecule has 0 saturated heterocycles. The van der Waals surface area contributed by atoms with Crippen LogP contribution in [0.2, 0.25) is 0 Å². The summed E-state index contributed by atoms with van der Waals surface area (Å²) in [5, 5.41) is 0. The molecule has 0 aliphatic carbocycles. The highest BCUT2D eigenvalue weighted by Gasteiger charge is 2.10. The molecule has 0 saturated carbocycles. The minimum Gasteiger partial charge on any atom is -0.490 e. The molecule has 20 heavy (non-hydrogen) atoms. The van der Waals surface area contributed by atoms with Gasteiger partial charge < -0.3 is 9.15 Å². The molecule has 3 nitrogen and oxygen atoms in total. The van der Waals surface area contributed by atoms with Crippen molar-refractivity contribution in [1.29, 1.82) is 0 Å². The lowest BCUT2D eigenvalue weighted by Gasteiger charge is -2.01. The van der Waals surface area contributed by atoms with E-state index in [-0.39, 0.29) is 13.1 Å². The van der Waals surface area contributed by atoms with Crippen LogP contribution in [0, 0.1) is 5.92 Å². The molecule has 2 heterocycles. The average Bonchev–Trinajstić information content (AvgIpc) is 2.77. The van der Waals surface area contributed by atoms with E-state index in [0.717, 1.165) is 17.9 Å². The van der Waals surface area contributed by atoms with Crippen molar-refractivity contribution >= 4 is 0 Å². The Morgan fingerprint density at radius 2 is 1.80 bits per heavy atom. The molecule has 1 aromatic rings. The molecule has 1 aromatic heterocycles. The van der Waals surface area contributed by atoms with Gasteiger partial charge in [0.1, 0.15) is 12.4 Å². The van der Waals surface area contributed by atoms with Crippen molar-refractivity contribution in [2.45, 2.75) is 41.0 Å². The fourth-order valence-electron chi connectivity index (χ4n) is 1.50. The number of allylic oxidation sites excluding steroid dienone is 1. The largest absolute Gasteiger partial charge is 0.490 e.